The first-order valence-electron chi connectivity index (χ1n) is 9.45. The first-order valence-corrected chi connectivity index (χ1v) is 10.2. The molecule has 160 valence electrons. The summed E-state index contributed by atoms with van der Waals surface area (Å²) in [6.07, 6.45) is 1.55. The van der Waals surface area contributed by atoms with Gasteiger partial charge < -0.3 is 19.5 Å². The zero-order chi connectivity index (χ0) is 22.3. The Morgan fingerprint density at radius 2 is 1.94 bits per heavy atom. The fraction of sp³-hybridized carbons (Fsp3) is 0.227. The van der Waals surface area contributed by atoms with Gasteiger partial charge in [-0.3, -0.25) is 19.7 Å². The molecule has 2 aromatic rings. The molecule has 2 heterocycles. The van der Waals surface area contributed by atoms with E-state index in [1.165, 1.54) is 6.92 Å². The van der Waals surface area contributed by atoms with Crippen LogP contribution in [0.3, 0.4) is 0 Å². The molecule has 0 bridgehead atoms. The molecule has 0 aromatic heterocycles. The number of carbonyl (C=O) groups is 3. The lowest BCUT2D eigenvalue weighted by Gasteiger charge is -2.18. The van der Waals surface area contributed by atoms with Crippen LogP contribution in [0.2, 0.25) is 0 Å². The van der Waals surface area contributed by atoms with Gasteiger partial charge in [-0.05, 0) is 35.9 Å². The van der Waals surface area contributed by atoms with Crippen LogP contribution in [0, 0.1) is 0 Å². The Labute approximate surface area is 186 Å². The number of hydrogen-bond donors (Lipinski definition) is 2. The maximum Gasteiger partial charge on any atom is 0.308 e. The van der Waals surface area contributed by atoms with Crippen LogP contribution in [-0.2, 0) is 16.1 Å². The average molecular weight is 487 g/mol. The van der Waals surface area contributed by atoms with Gasteiger partial charge in [0.2, 0.25) is 11.5 Å². The van der Waals surface area contributed by atoms with Gasteiger partial charge in [0.15, 0.2) is 11.5 Å². The number of halogens is 1. The van der Waals surface area contributed by atoms with Gasteiger partial charge in [0.25, 0.3) is 11.8 Å². The molecule has 2 aliphatic heterocycles. The highest BCUT2D eigenvalue weighted by Crippen LogP contribution is 2.46. The first kappa shape index (κ1) is 20.9. The van der Waals surface area contributed by atoms with E-state index >= 15 is 0 Å². The van der Waals surface area contributed by atoms with Crippen molar-refractivity contribution in [2.45, 2.75) is 33.1 Å². The third kappa shape index (κ3) is 4.27. The highest BCUT2D eigenvalue weighted by Gasteiger charge is 2.35. The zero-order valence-electron chi connectivity index (χ0n) is 17.0. The molecule has 2 aliphatic rings. The lowest BCUT2D eigenvalue weighted by Crippen LogP contribution is -2.37. The number of benzene rings is 2. The molecule has 0 unspecified atom stereocenters. The molecule has 4 rings (SSSR count). The second-order valence-corrected chi connectivity index (χ2v) is 8.45. The van der Waals surface area contributed by atoms with E-state index in [4.69, 9.17) is 14.2 Å². The molecule has 0 radical (unpaired) electrons. The van der Waals surface area contributed by atoms with E-state index in [2.05, 4.69) is 26.6 Å². The highest BCUT2D eigenvalue weighted by molar-refractivity contribution is 9.10. The quantitative estimate of drug-likeness (QED) is 0.295. The van der Waals surface area contributed by atoms with Crippen LogP contribution in [0.5, 0.6) is 17.2 Å². The van der Waals surface area contributed by atoms with Crippen molar-refractivity contribution in [3.8, 4) is 17.2 Å². The van der Waals surface area contributed by atoms with Crippen LogP contribution in [0.1, 0.15) is 42.3 Å². The summed E-state index contributed by atoms with van der Waals surface area (Å²) < 4.78 is 17.5. The molecular formula is C22H19BrN2O6. The number of imide groups is 1. The van der Waals surface area contributed by atoms with Crippen LogP contribution < -0.4 is 24.8 Å². The lowest BCUT2D eigenvalue weighted by atomic mass is 9.95. The van der Waals surface area contributed by atoms with Gasteiger partial charge in [-0.15, -0.1) is 0 Å². The Bertz CT molecular complexity index is 1150. The third-order valence-corrected chi connectivity index (χ3v) is 5.07. The predicted octanol–water partition coefficient (Wildman–Crippen LogP) is 3.28. The van der Waals surface area contributed by atoms with Gasteiger partial charge in [-0.2, -0.15) is 0 Å². The second-order valence-electron chi connectivity index (χ2n) is 7.53. The Kier molecular flexibility index (Phi) is 5.22. The number of fused-ring (bicyclic) bond motifs is 2. The van der Waals surface area contributed by atoms with E-state index in [-0.39, 0.29) is 5.75 Å². The van der Waals surface area contributed by atoms with E-state index in [0.717, 1.165) is 10.0 Å². The van der Waals surface area contributed by atoms with Crippen LogP contribution in [0.25, 0.3) is 5.57 Å². The monoisotopic (exact) mass is 486 g/mol. The van der Waals surface area contributed by atoms with E-state index in [9.17, 15) is 14.4 Å². The van der Waals surface area contributed by atoms with Gasteiger partial charge in [-0.1, -0.05) is 15.9 Å². The van der Waals surface area contributed by atoms with Gasteiger partial charge >= 0.3 is 5.97 Å². The number of esters is 1. The fourth-order valence-electron chi connectivity index (χ4n) is 3.38. The van der Waals surface area contributed by atoms with Crippen LogP contribution in [-0.4, -0.2) is 23.6 Å². The van der Waals surface area contributed by atoms with E-state index in [1.54, 1.807) is 50.4 Å². The Morgan fingerprint density at radius 1 is 1.16 bits per heavy atom. The third-order valence-electron chi connectivity index (χ3n) is 4.58. The standard InChI is InChI=1S/C22H19BrN2O6/c1-11(26)29-17-6-12(7-18-19(17)31-22(2,3)30-18)9-24-10-16-15-8-13(23)4-5-14(15)20(27)25-21(16)28/h4-8,10,24H,9H2,1-3H3,(H,25,27,28). The largest absolute Gasteiger partial charge is 0.449 e. The Morgan fingerprint density at radius 3 is 2.68 bits per heavy atom. The molecule has 2 amide bonds. The van der Waals surface area contributed by atoms with Gasteiger partial charge in [0, 0.05) is 49.1 Å². The zero-order valence-corrected chi connectivity index (χ0v) is 18.6. The summed E-state index contributed by atoms with van der Waals surface area (Å²) in [5, 5.41) is 5.42. The smallest absolute Gasteiger partial charge is 0.308 e. The van der Waals surface area contributed by atoms with Crippen molar-refractivity contribution < 1.29 is 28.6 Å². The van der Waals surface area contributed by atoms with Crippen molar-refractivity contribution in [3.05, 3.63) is 57.7 Å². The molecule has 8 nitrogen and oxygen atoms in total. The van der Waals surface area contributed by atoms with Crippen molar-refractivity contribution in [1.29, 1.82) is 0 Å². The molecular weight excluding hydrogens is 468 g/mol. The van der Waals surface area contributed by atoms with E-state index < -0.39 is 23.6 Å². The average Bonchev–Trinajstić information content (AvgIpc) is 2.98. The van der Waals surface area contributed by atoms with Gasteiger partial charge in [0.1, 0.15) is 0 Å². The minimum Gasteiger partial charge on any atom is -0.449 e. The van der Waals surface area contributed by atoms with Gasteiger partial charge in [-0.25, -0.2) is 0 Å². The van der Waals surface area contributed by atoms with Crippen molar-refractivity contribution in [3.63, 3.8) is 0 Å². The maximum absolute atomic E-state index is 12.4. The topological polar surface area (TPSA) is 103 Å². The summed E-state index contributed by atoms with van der Waals surface area (Å²) in [6.45, 7) is 5.12. The Hall–Kier alpha value is -3.33. The number of amides is 2. The predicted molar refractivity (Wildman–Crippen MR) is 115 cm³/mol. The summed E-state index contributed by atoms with van der Waals surface area (Å²) in [7, 11) is 0. The summed E-state index contributed by atoms with van der Waals surface area (Å²) in [5.74, 6) is -1.20. The first-order chi connectivity index (χ1) is 14.6. The molecule has 0 atom stereocenters. The molecule has 9 heteroatoms. The highest BCUT2D eigenvalue weighted by atomic mass is 79.9. The van der Waals surface area contributed by atoms with Crippen LogP contribution >= 0.6 is 15.9 Å². The van der Waals surface area contributed by atoms with Crippen molar-refractivity contribution in [2.24, 2.45) is 0 Å². The minimum absolute atomic E-state index is 0.260. The van der Waals surface area contributed by atoms with Crippen molar-refractivity contribution >= 4 is 39.3 Å². The second kappa shape index (κ2) is 7.73. The lowest BCUT2D eigenvalue weighted by molar-refractivity contribution is -0.132. The molecule has 0 saturated carbocycles. The van der Waals surface area contributed by atoms with Crippen LogP contribution in [0.15, 0.2) is 41.0 Å². The summed E-state index contributed by atoms with van der Waals surface area (Å²) >= 11 is 3.37. The fourth-order valence-corrected chi connectivity index (χ4v) is 3.74. The normalized spacial score (nSPS) is 17.2. The van der Waals surface area contributed by atoms with Crippen LogP contribution in [0.4, 0.5) is 0 Å². The number of ether oxygens (including phenoxy) is 3. The molecule has 2 aromatic carbocycles. The molecule has 31 heavy (non-hydrogen) atoms. The Balaban J connectivity index is 1.60. The molecule has 2 N–H and O–H groups in total. The van der Waals surface area contributed by atoms with Crippen molar-refractivity contribution in [2.75, 3.05) is 0 Å². The van der Waals surface area contributed by atoms with E-state index in [0.29, 0.717) is 34.7 Å². The summed E-state index contributed by atoms with van der Waals surface area (Å²) in [5.41, 5.74) is 2.02. The molecule has 0 fully saturated rings. The summed E-state index contributed by atoms with van der Waals surface area (Å²) in [6, 6.07) is 8.56. The SMILES string of the molecule is CC(=O)Oc1cc(CNC=C2C(=O)NC(=O)c3ccc(Br)cc32)cc2c1OC(C)(C)O2. The number of rotatable bonds is 4. The van der Waals surface area contributed by atoms with Gasteiger partial charge in [0.05, 0.1) is 5.57 Å². The summed E-state index contributed by atoms with van der Waals surface area (Å²) in [4.78, 5) is 35.9. The number of nitrogens with one attached hydrogen (secondary N) is 2. The molecule has 0 spiro atoms. The van der Waals surface area contributed by atoms with E-state index in [1.807, 2.05) is 0 Å². The number of hydrogen-bond acceptors (Lipinski definition) is 7. The molecule has 0 aliphatic carbocycles. The number of carbonyl (C=O) groups excluding carboxylic acids is 3. The maximum atomic E-state index is 12.4. The molecule has 0 saturated heterocycles. The van der Waals surface area contributed by atoms with Crippen molar-refractivity contribution in [1.82, 2.24) is 10.6 Å². The minimum atomic E-state index is -0.880.